The Bertz CT molecular complexity index is 784. The number of methoxy groups -OCH3 is 1. The number of nitriles is 1. The predicted molar refractivity (Wildman–Crippen MR) is 89.3 cm³/mol. The highest BCUT2D eigenvalue weighted by Crippen LogP contribution is 2.34. The zero-order chi connectivity index (χ0) is 17.1. The normalized spacial score (nSPS) is 10.5. The van der Waals surface area contributed by atoms with Crippen LogP contribution < -0.4 is 0 Å². The molecule has 0 aliphatic carbocycles. The highest BCUT2D eigenvalue weighted by atomic mass is 16.5. The van der Waals surface area contributed by atoms with Crippen molar-refractivity contribution >= 4 is 5.97 Å². The summed E-state index contributed by atoms with van der Waals surface area (Å²) in [6.07, 6.45) is 0. The van der Waals surface area contributed by atoms with Crippen molar-refractivity contribution in [2.75, 3.05) is 7.11 Å². The van der Waals surface area contributed by atoms with Crippen molar-refractivity contribution in [3.05, 3.63) is 52.3 Å². The molecule has 0 aliphatic rings. The van der Waals surface area contributed by atoms with Gasteiger partial charge in [0.1, 0.15) is 6.07 Å². The van der Waals surface area contributed by atoms with Crippen molar-refractivity contribution in [3.8, 4) is 17.2 Å². The van der Waals surface area contributed by atoms with Gasteiger partial charge in [0, 0.05) is 5.56 Å². The number of nitrogens with zero attached hydrogens (tertiary/aromatic N) is 2. The summed E-state index contributed by atoms with van der Waals surface area (Å²) in [5.74, 6) is -0.392. The first kappa shape index (κ1) is 16.7. The second kappa shape index (κ2) is 6.62. The number of carbonyl (C=O) groups excluding carboxylic acids is 1. The Morgan fingerprint density at radius 2 is 1.83 bits per heavy atom. The van der Waals surface area contributed by atoms with Gasteiger partial charge in [-0.25, -0.2) is 4.79 Å². The van der Waals surface area contributed by atoms with Gasteiger partial charge in [0.2, 0.25) is 0 Å². The summed E-state index contributed by atoms with van der Waals surface area (Å²) in [6, 6.07) is 9.99. The largest absolute Gasteiger partial charge is 0.465 e. The number of pyridine rings is 1. The number of hydrogen-bond donors (Lipinski definition) is 0. The van der Waals surface area contributed by atoms with E-state index < -0.39 is 5.97 Å². The lowest BCUT2D eigenvalue weighted by molar-refractivity contribution is 0.0600. The van der Waals surface area contributed by atoms with Crippen LogP contribution in [0.25, 0.3) is 11.1 Å². The maximum atomic E-state index is 12.3. The maximum Gasteiger partial charge on any atom is 0.340 e. The number of carbonyl (C=O) groups is 1. The van der Waals surface area contributed by atoms with Gasteiger partial charge in [-0.1, -0.05) is 43.7 Å². The Hall–Kier alpha value is -2.67. The third-order valence-corrected chi connectivity index (χ3v) is 3.79. The lowest BCUT2D eigenvalue weighted by Crippen LogP contribution is -2.13. The molecule has 1 heterocycles. The molecule has 0 radical (unpaired) electrons. The van der Waals surface area contributed by atoms with E-state index in [4.69, 9.17) is 4.74 Å². The average molecular weight is 308 g/mol. The zero-order valence-electron chi connectivity index (χ0n) is 14.1. The van der Waals surface area contributed by atoms with E-state index in [1.54, 1.807) is 6.92 Å². The molecular formula is C19H20N2O2. The third kappa shape index (κ3) is 3.09. The first-order chi connectivity index (χ1) is 10.9. The van der Waals surface area contributed by atoms with E-state index in [9.17, 15) is 10.1 Å². The molecule has 0 bridgehead atoms. The molecule has 23 heavy (non-hydrogen) atoms. The van der Waals surface area contributed by atoms with Gasteiger partial charge in [0.05, 0.1) is 29.6 Å². The molecule has 0 amide bonds. The minimum atomic E-state index is -0.475. The first-order valence-electron chi connectivity index (χ1n) is 7.50. The van der Waals surface area contributed by atoms with Crippen LogP contribution >= 0.6 is 0 Å². The fourth-order valence-corrected chi connectivity index (χ4v) is 2.62. The average Bonchev–Trinajstić information content (AvgIpc) is 2.53. The highest BCUT2D eigenvalue weighted by molar-refractivity contribution is 6.00. The number of aromatic nitrogens is 1. The van der Waals surface area contributed by atoms with E-state index in [2.05, 4.69) is 11.1 Å². The summed E-state index contributed by atoms with van der Waals surface area (Å²) in [6.45, 7) is 7.74. The minimum absolute atomic E-state index is 0.0826. The molecule has 4 heteroatoms. The molecule has 0 saturated heterocycles. The smallest absolute Gasteiger partial charge is 0.340 e. The molecule has 1 aromatic heterocycles. The maximum absolute atomic E-state index is 12.3. The van der Waals surface area contributed by atoms with Gasteiger partial charge in [-0.05, 0) is 25.3 Å². The van der Waals surface area contributed by atoms with E-state index in [-0.39, 0.29) is 5.92 Å². The summed E-state index contributed by atoms with van der Waals surface area (Å²) in [7, 11) is 1.34. The molecule has 0 atom stereocenters. The van der Waals surface area contributed by atoms with Gasteiger partial charge < -0.3 is 4.74 Å². The molecule has 0 unspecified atom stereocenters. The number of esters is 1. The number of rotatable bonds is 3. The SMILES string of the molecule is COC(=O)c1c(C)nc(C(C)C)c(C#N)c1-c1ccc(C)cc1. The van der Waals surface area contributed by atoms with Gasteiger partial charge in [-0.3, -0.25) is 4.98 Å². The Morgan fingerprint density at radius 3 is 2.30 bits per heavy atom. The third-order valence-electron chi connectivity index (χ3n) is 3.79. The van der Waals surface area contributed by atoms with Gasteiger partial charge in [0.25, 0.3) is 0 Å². The lowest BCUT2D eigenvalue weighted by Gasteiger charge is -2.17. The van der Waals surface area contributed by atoms with Crippen molar-refractivity contribution in [2.24, 2.45) is 0 Å². The Balaban J connectivity index is 2.91. The van der Waals surface area contributed by atoms with E-state index >= 15 is 0 Å². The van der Waals surface area contributed by atoms with Gasteiger partial charge >= 0.3 is 5.97 Å². The molecule has 4 nitrogen and oxygen atoms in total. The summed E-state index contributed by atoms with van der Waals surface area (Å²) >= 11 is 0. The predicted octanol–water partition coefficient (Wildman–Crippen LogP) is 4.15. The number of hydrogen-bond acceptors (Lipinski definition) is 4. The van der Waals surface area contributed by atoms with E-state index in [1.807, 2.05) is 45.0 Å². The van der Waals surface area contributed by atoms with Gasteiger partial charge in [0.15, 0.2) is 0 Å². The number of aryl methyl sites for hydroxylation is 2. The van der Waals surface area contributed by atoms with Crippen LogP contribution in [-0.4, -0.2) is 18.1 Å². The molecule has 0 saturated carbocycles. The monoisotopic (exact) mass is 308 g/mol. The molecule has 2 rings (SSSR count). The van der Waals surface area contributed by atoms with Crippen LogP contribution in [0.4, 0.5) is 0 Å². The molecule has 1 aromatic carbocycles. The topological polar surface area (TPSA) is 63.0 Å². The van der Waals surface area contributed by atoms with Crippen molar-refractivity contribution in [1.82, 2.24) is 4.98 Å². The van der Waals surface area contributed by atoms with Crippen molar-refractivity contribution in [3.63, 3.8) is 0 Å². The fourth-order valence-electron chi connectivity index (χ4n) is 2.62. The van der Waals surface area contributed by atoms with Crippen molar-refractivity contribution < 1.29 is 9.53 Å². The van der Waals surface area contributed by atoms with Crippen LogP contribution in [0.1, 0.15) is 52.6 Å². The summed E-state index contributed by atoms with van der Waals surface area (Å²) < 4.78 is 4.91. The quantitative estimate of drug-likeness (QED) is 0.799. The molecule has 0 spiro atoms. The molecular weight excluding hydrogens is 288 g/mol. The highest BCUT2D eigenvalue weighted by Gasteiger charge is 2.25. The Morgan fingerprint density at radius 1 is 1.22 bits per heavy atom. The lowest BCUT2D eigenvalue weighted by atomic mass is 9.90. The molecule has 0 fully saturated rings. The van der Waals surface area contributed by atoms with Crippen LogP contribution in [0.5, 0.6) is 0 Å². The minimum Gasteiger partial charge on any atom is -0.465 e. The molecule has 118 valence electrons. The van der Waals surface area contributed by atoms with Crippen LogP contribution in [0.2, 0.25) is 0 Å². The zero-order valence-corrected chi connectivity index (χ0v) is 14.1. The molecule has 0 N–H and O–H groups in total. The second-order valence-corrected chi connectivity index (χ2v) is 5.83. The Kier molecular flexibility index (Phi) is 4.80. The number of benzene rings is 1. The summed E-state index contributed by atoms with van der Waals surface area (Å²) in [5, 5.41) is 9.69. The van der Waals surface area contributed by atoms with E-state index in [0.717, 1.165) is 11.1 Å². The van der Waals surface area contributed by atoms with Crippen LogP contribution in [-0.2, 0) is 4.74 Å². The summed E-state index contributed by atoms with van der Waals surface area (Å²) in [4.78, 5) is 16.8. The van der Waals surface area contributed by atoms with E-state index in [1.165, 1.54) is 7.11 Å². The van der Waals surface area contributed by atoms with Crippen LogP contribution in [0.3, 0.4) is 0 Å². The second-order valence-electron chi connectivity index (χ2n) is 5.83. The van der Waals surface area contributed by atoms with Crippen LogP contribution in [0, 0.1) is 25.2 Å². The molecule has 2 aromatic rings. The first-order valence-corrected chi connectivity index (χ1v) is 7.50. The number of ether oxygens (including phenoxy) is 1. The standard InChI is InChI=1S/C19H20N2O2/c1-11(2)18-15(10-20)17(14-8-6-12(3)7-9-14)16(13(4)21-18)19(22)23-5/h6-9,11H,1-5H3. The van der Waals surface area contributed by atoms with Crippen molar-refractivity contribution in [2.45, 2.75) is 33.6 Å². The summed E-state index contributed by atoms with van der Waals surface area (Å²) in [5.41, 5.74) is 4.62. The van der Waals surface area contributed by atoms with Crippen LogP contribution in [0.15, 0.2) is 24.3 Å². The fraction of sp³-hybridized carbons (Fsp3) is 0.316. The van der Waals surface area contributed by atoms with Gasteiger partial charge in [-0.15, -0.1) is 0 Å². The van der Waals surface area contributed by atoms with Gasteiger partial charge in [-0.2, -0.15) is 5.26 Å². The Labute approximate surface area is 136 Å². The molecule has 0 aliphatic heterocycles. The van der Waals surface area contributed by atoms with E-state index in [0.29, 0.717) is 28.1 Å². The van der Waals surface area contributed by atoms with Crippen molar-refractivity contribution in [1.29, 1.82) is 5.26 Å².